The summed E-state index contributed by atoms with van der Waals surface area (Å²) in [7, 11) is 2.84. The molecule has 0 aliphatic rings. The number of aromatic nitrogens is 1. The van der Waals surface area contributed by atoms with Crippen LogP contribution in [0, 0.1) is 0 Å². The minimum Gasteiger partial charge on any atom is -0.497 e. The summed E-state index contributed by atoms with van der Waals surface area (Å²) in [5.74, 6) is 0.726. The standard InChI is InChI=1S/C17H20N4O4S/c1-5-10-21-15(22)14(11(2)19-20-17(23)25-4)26-16(21)18-12-6-8-13(24-3)9-7-12/h5-9,22H,1,10H2,2-4H3,(H,20,23)/b18-16?,19-11+. The fourth-order valence-electron chi connectivity index (χ4n) is 2.01. The summed E-state index contributed by atoms with van der Waals surface area (Å²) >= 11 is 1.24. The molecule has 8 nitrogen and oxygen atoms in total. The number of rotatable bonds is 6. The third kappa shape index (κ3) is 4.51. The van der Waals surface area contributed by atoms with Crippen LogP contribution in [0.4, 0.5) is 10.5 Å². The van der Waals surface area contributed by atoms with E-state index in [1.54, 1.807) is 36.8 Å². The Morgan fingerprint density at radius 2 is 2.08 bits per heavy atom. The molecule has 0 saturated carbocycles. The van der Waals surface area contributed by atoms with E-state index in [0.717, 1.165) is 5.75 Å². The van der Waals surface area contributed by atoms with Gasteiger partial charge in [-0.15, -0.1) is 6.58 Å². The molecule has 0 fully saturated rings. The molecule has 0 aliphatic carbocycles. The van der Waals surface area contributed by atoms with Crippen LogP contribution >= 0.6 is 11.3 Å². The summed E-state index contributed by atoms with van der Waals surface area (Å²) in [6.45, 7) is 5.74. The molecule has 2 N–H and O–H groups in total. The number of hydrogen-bond acceptors (Lipinski definition) is 7. The molecular weight excluding hydrogens is 356 g/mol. The van der Waals surface area contributed by atoms with Gasteiger partial charge in [-0.1, -0.05) is 17.4 Å². The molecule has 1 aromatic carbocycles. The van der Waals surface area contributed by atoms with Crippen molar-refractivity contribution in [3.05, 3.63) is 46.6 Å². The number of aromatic hydroxyl groups is 1. The molecule has 2 rings (SSSR count). The number of thiazole rings is 1. The lowest BCUT2D eigenvalue weighted by molar-refractivity contribution is 0.171. The maximum atomic E-state index is 11.2. The molecular formula is C17H20N4O4S. The van der Waals surface area contributed by atoms with Crippen LogP contribution in [-0.4, -0.2) is 35.7 Å². The van der Waals surface area contributed by atoms with Gasteiger partial charge in [0.05, 0.1) is 25.6 Å². The average Bonchev–Trinajstić information content (AvgIpc) is 2.96. The zero-order chi connectivity index (χ0) is 19.1. The Labute approximate surface area is 154 Å². The van der Waals surface area contributed by atoms with Crippen molar-refractivity contribution >= 4 is 28.8 Å². The van der Waals surface area contributed by atoms with E-state index in [1.165, 1.54) is 18.4 Å². The number of hydrogen-bond donors (Lipinski definition) is 2. The summed E-state index contributed by atoms with van der Waals surface area (Å²) < 4.78 is 11.2. The SMILES string of the molecule is C=CCn1c(O)c(/C(C)=N/NC(=O)OC)sc1=Nc1ccc(OC)cc1. The van der Waals surface area contributed by atoms with Crippen LogP contribution in [0.1, 0.15) is 11.8 Å². The van der Waals surface area contributed by atoms with Crippen LogP contribution in [-0.2, 0) is 11.3 Å². The van der Waals surface area contributed by atoms with Gasteiger partial charge in [-0.3, -0.25) is 4.57 Å². The summed E-state index contributed by atoms with van der Waals surface area (Å²) in [4.78, 5) is 16.8. The number of methoxy groups -OCH3 is 2. The van der Waals surface area contributed by atoms with Crippen molar-refractivity contribution in [2.75, 3.05) is 14.2 Å². The first kappa shape index (κ1) is 19.3. The van der Waals surface area contributed by atoms with Crippen LogP contribution < -0.4 is 15.0 Å². The second kappa shape index (κ2) is 8.86. The fourth-order valence-corrected chi connectivity index (χ4v) is 3.01. The largest absolute Gasteiger partial charge is 0.497 e. The van der Waals surface area contributed by atoms with Crippen molar-refractivity contribution < 1.29 is 19.4 Å². The highest BCUT2D eigenvalue weighted by Gasteiger charge is 2.15. The molecule has 0 spiro atoms. The highest BCUT2D eigenvalue weighted by atomic mass is 32.1. The number of ether oxygens (including phenoxy) is 2. The van der Waals surface area contributed by atoms with Crippen LogP contribution in [0.2, 0.25) is 0 Å². The highest BCUT2D eigenvalue weighted by molar-refractivity contribution is 7.11. The van der Waals surface area contributed by atoms with E-state index < -0.39 is 6.09 Å². The predicted molar refractivity (Wildman–Crippen MR) is 100 cm³/mol. The smallest absolute Gasteiger partial charge is 0.427 e. The molecule has 1 aromatic heterocycles. The molecule has 0 radical (unpaired) electrons. The molecule has 26 heavy (non-hydrogen) atoms. The molecule has 138 valence electrons. The van der Waals surface area contributed by atoms with Gasteiger partial charge in [-0.2, -0.15) is 5.10 Å². The van der Waals surface area contributed by atoms with E-state index >= 15 is 0 Å². The first-order valence-electron chi connectivity index (χ1n) is 7.61. The average molecular weight is 376 g/mol. The van der Waals surface area contributed by atoms with Crippen molar-refractivity contribution in [2.45, 2.75) is 13.5 Å². The number of benzene rings is 1. The summed E-state index contributed by atoms with van der Waals surface area (Å²) in [5.41, 5.74) is 3.36. The van der Waals surface area contributed by atoms with Crippen molar-refractivity contribution in [1.82, 2.24) is 9.99 Å². The second-order valence-corrected chi connectivity index (χ2v) is 6.02. The maximum absolute atomic E-state index is 11.2. The van der Waals surface area contributed by atoms with E-state index in [-0.39, 0.29) is 5.88 Å². The lowest BCUT2D eigenvalue weighted by Gasteiger charge is -2.03. The van der Waals surface area contributed by atoms with Gasteiger partial charge in [-0.25, -0.2) is 15.2 Å². The van der Waals surface area contributed by atoms with Crippen molar-refractivity contribution in [3.63, 3.8) is 0 Å². The predicted octanol–water partition coefficient (Wildman–Crippen LogP) is 2.76. The van der Waals surface area contributed by atoms with Crippen molar-refractivity contribution in [3.8, 4) is 11.6 Å². The molecule has 1 heterocycles. The first-order valence-corrected chi connectivity index (χ1v) is 8.42. The van der Waals surface area contributed by atoms with Gasteiger partial charge in [0.15, 0.2) is 4.80 Å². The number of nitrogens with one attached hydrogen (secondary N) is 1. The summed E-state index contributed by atoms with van der Waals surface area (Å²) in [5, 5.41) is 14.4. The Balaban J connectivity index is 2.47. The minimum atomic E-state index is -0.692. The lowest BCUT2D eigenvalue weighted by Crippen LogP contribution is -2.18. The minimum absolute atomic E-state index is 0.00456. The number of carbonyl (C=O) groups excluding carboxylic acids is 1. The third-order valence-electron chi connectivity index (χ3n) is 3.32. The van der Waals surface area contributed by atoms with Gasteiger partial charge in [0.25, 0.3) is 0 Å². The van der Waals surface area contributed by atoms with Gasteiger partial charge < -0.3 is 14.6 Å². The molecule has 9 heteroatoms. The number of carbonyl (C=O) groups is 1. The highest BCUT2D eigenvalue weighted by Crippen LogP contribution is 2.23. The zero-order valence-electron chi connectivity index (χ0n) is 14.7. The lowest BCUT2D eigenvalue weighted by atomic mass is 10.3. The molecule has 0 unspecified atom stereocenters. The second-order valence-electron chi connectivity index (χ2n) is 5.05. The zero-order valence-corrected chi connectivity index (χ0v) is 15.5. The molecule has 0 saturated heterocycles. The Hall–Kier alpha value is -3.07. The Bertz CT molecular complexity index is 881. The van der Waals surface area contributed by atoms with Crippen LogP contribution in [0.5, 0.6) is 11.6 Å². The number of nitrogens with zero attached hydrogens (tertiary/aromatic N) is 3. The molecule has 0 bridgehead atoms. The van der Waals surface area contributed by atoms with Gasteiger partial charge in [0, 0.05) is 6.54 Å². The Morgan fingerprint density at radius 3 is 2.65 bits per heavy atom. The van der Waals surface area contributed by atoms with E-state index in [2.05, 4.69) is 26.8 Å². The number of amides is 1. The summed E-state index contributed by atoms with van der Waals surface area (Å²) in [6.07, 6.45) is 0.963. The number of allylic oxidation sites excluding steroid dienone is 1. The van der Waals surface area contributed by atoms with E-state index in [4.69, 9.17) is 4.74 Å². The normalized spacial score (nSPS) is 12.0. The maximum Gasteiger partial charge on any atom is 0.427 e. The van der Waals surface area contributed by atoms with Gasteiger partial charge in [0.2, 0.25) is 5.88 Å². The van der Waals surface area contributed by atoms with Gasteiger partial charge in [-0.05, 0) is 31.2 Å². The van der Waals surface area contributed by atoms with Gasteiger partial charge >= 0.3 is 6.09 Å². The monoisotopic (exact) mass is 376 g/mol. The van der Waals surface area contributed by atoms with E-state index in [0.29, 0.717) is 27.6 Å². The third-order valence-corrected chi connectivity index (χ3v) is 4.50. The van der Waals surface area contributed by atoms with E-state index in [1.807, 2.05) is 12.1 Å². The van der Waals surface area contributed by atoms with Crippen LogP contribution in [0.25, 0.3) is 0 Å². The van der Waals surface area contributed by atoms with Crippen LogP contribution in [0.15, 0.2) is 47.0 Å². The molecule has 0 atom stereocenters. The quantitative estimate of drug-likeness (QED) is 0.460. The molecule has 2 aromatic rings. The summed E-state index contributed by atoms with van der Waals surface area (Å²) in [6, 6.07) is 7.23. The molecule has 1 amide bonds. The van der Waals surface area contributed by atoms with Crippen molar-refractivity contribution in [1.29, 1.82) is 0 Å². The van der Waals surface area contributed by atoms with Crippen LogP contribution in [0.3, 0.4) is 0 Å². The van der Waals surface area contributed by atoms with E-state index in [9.17, 15) is 9.90 Å². The van der Waals surface area contributed by atoms with Crippen molar-refractivity contribution in [2.24, 2.45) is 10.1 Å². The Morgan fingerprint density at radius 1 is 1.38 bits per heavy atom. The first-order chi connectivity index (χ1) is 12.5. The number of hydrazone groups is 1. The molecule has 0 aliphatic heterocycles. The topological polar surface area (TPSA) is 97.4 Å². The van der Waals surface area contributed by atoms with Gasteiger partial charge in [0.1, 0.15) is 10.6 Å². The Kier molecular flexibility index (Phi) is 6.56. The fraction of sp³-hybridized carbons (Fsp3) is 0.235.